The highest BCUT2D eigenvalue weighted by atomic mass is 32.2. The quantitative estimate of drug-likeness (QED) is 0.548. The third kappa shape index (κ3) is 5.00. The number of anilines is 1. The molecule has 1 aromatic heterocycles. The molecule has 3 heterocycles. The summed E-state index contributed by atoms with van der Waals surface area (Å²) in [6.45, 7) is 11.2. The summed E-state index contributed by atoms with van der Waals surface area (Å²) in [4.78, 5) is 20.0. The van der Waals surface area contributed by atoms with E-state index in [2.05, 4.69) is 30.3 Å². The maximum atomic E-state index is 13.2. The Bertz CT molecular complexity index is 1130. The SMILES string of the molecule is Cc1nc(SCC(=O)N2CCCc3cc(S(=O)(=O)N4CCCC4)ccc32)n(CC(C)C)c1C. The molecule has 1 aromatic carbocycles. The van der Waals surface area contributed by atoms with Gasteiger partial charge in [-0.3, -0.25) is 4.79 Å². The van der Waals surface area contributed by atoms with Crippen molar-refractivity contribution in [1.82, 2.24) is 13.9 Å². The molecule has 2 aliphatic heterocycles. The molecular formula is C24H34N4O3S2. The van der Waals surface area contributed by atoms with Gasteiger partial charge in [-0.25, -0.2) is 13.4 Å². The molecule has 0 spiro atoms. The fourth-order valence-electron chi connectivity index (χ4n) is 4.59. The van der Waals surface area contributed by atoms with Crippen molar-refractivity contribution in [1.29, 1.82) is 0 Å². The fraction of sp³-hybridized carbons (Fsp3) is 0.583. The number of hydrogen-bond acceptors (Lipinski definition) is 5. The Morgan fingerprint density at radius 3 is 2.55 bits per heavy atom. The first-order valence-electron chi connectivity index (χ1n) is 11.8. The van der Waals surface area contributed by atoms with E-state index in [1.54, 1.807) is 16.4 Å². The van der Waals surface area contributed by atoms with Gasteiger partial charge < -0.3 is 9.47 Å². The van der Waals surface area contributed by atoms with Gasteiger partial charge in [-0.15, -0.1) is 0 Å². The van der Waals surface area contributed by atoms with E-state index in [0.717, 1.165) is 60.0 Å². The van der Waals surface area contributed by atoms with Crippen LogP contribution in [0.5, 0.6) is 0 Å². The van der Waals surface area contributed by atoms with Crippen molar-refractivity contribution in [2.24, 2.45) is 5.92 Å². The van der Waals surface area contributed by atoms with Gasteiger partial charge in [0.15, 0.2) is 5.16 Å². The smallest absolute Gasteiger partial charge is 0.243 e. The van der Waals surface area contributed by atoms with Crippen molar-refractivity contribution < 1.29 is 13.2 Å². The predicted molar refractivity (Wildman–Crippen MR) is 132 cm³/mol. The first kappa shape index (κ1) is 24.3. The number of aromatic nitrogens is 2. The predicted octanol–water partition coefficient (Wildman–Crippen LogP) is 4.01. The Morgan fingerprint density at radius 1 is 1.12 bits per heavy atom. The van der Waals surface area contributed by atoms with Crippen LogP contribution >= 0.6 is 11.8 Å². The molecule has 0 aliphatic carbocycles. The second kappa shape index (κ2) is 9.80. The minimum absolute atomic E-state index is 0.0329. The molecule has 1 amide bonds. The van der Waals surface area contributed by atoms with Crippen LogP contribution in [0.4, 0.5) is 5.69 Å². The van der Waals surface area contributed by atoms with E-state index in [4.69, 9.17) is 0 Å². The monoisotopic (exact) mass is 490 g/mol. The van der Waals surface area contributed by atoms with Crippen LogP contribution in [-0.4, -0.2) is 53.6 Å². The number of benzene rings is 1. The Kier molecular flexibility index (Phi) is 7.21. The summed E-state index contributed by atoms with van der Waals surface area (Å²) in [6.07, 6.45) is 3.45. The highest BCUT2D eigenvalue weighted by molar-refractivity contribution is 7.99. The normalized spacial score (nSPS) is 17.1. The van der Waals surface area contributed by atoms with Crippen molar-refractivity contribution in [3.63, 3.8) is 0 Å². The van der Waals surface area contributed by atoms with Gasteiger partial charge in [-0.2, -0.15) is 4.31 Å². The zero-order valence-electron chi connectivity index (χ0n) is 20.0. The van der Waals surface area contributed by atoms with Crippen molar-refractivity contribution in [3.05, 3.63) is 35.2 Å². The van der Waals surface area contributed by atoms with Gasteiger partial charge in [0.25, 0.3) is 0 Å². The number of fused-ring (bicyclic) bond motifs is 1. The molecule has 9 heteroatoms. The molecule has 0 bridgehead atoms. The number of hydrogen-bond donors (Lipinski definition) is 0. The van der Waals surface area contributed by atoms with Crippen LogP contribution in [0.15, 0.2) is 28.3 Å². The molecule has 1 fully saturated rings. The number of sulfonamides is 1. The number of nitrogens with zero attached hydrogens (tertiary/aromatic N) is 4. The van der Waals surface area contributed by atoms with Gasteiger partial charge in [-0.1, -0.05) is 25.6 Å². The average molecular weight is 491 g/mol. The van der Waals surface area contributed by atoms with E-state index >= 15 is 0 Å². The lowest BCUT2D eigenvalue weighted by molar-refractivity contribution is -0.116. The van der Waals surface area contributed by atoms with Crippen LogP contribution in [0.25, 0.3) is 0 Å². The van der Waals surface area contributed by atoms with Gasteiger partial charge in [-0.05, 0) is 69.2 Å². The van der Waals surface area contributed by atoms with E-state index in [9.17, 15) is 13.2 Å². The summed E-state index contributed by atoms with van der Waals surface area (Å²) in [5.74, 6) is 0.833. The largest absolute Gasteiger partial charge is 0.323 e. The lowest BCUT2D eigenvalue weighted by Crippen LogP contribution is -2.37. The van der Waals surface area contributed by atoms with Crippen LogP contribution in [-0.2, 0) is 27.8 Å². The van der Waals surface area contributed by atoms with Crippen LogP contribution in [0.2, 0.25) is 0 Å². The second-order valence-electron chi connectivity index (χ2n) is 9.41. The molecule has 1 saturated heterocycles. The number of amides is 1. The molecule has 0 N–H and O–H groups in total. The molecule has 0 unspecified atom stereocenters. The Hall–Kier alpha value is -1.84. The molecule has 0 atom stereocenters. The summed E-state index contributed by atoms with van der Waals surface area (Å²) in [5.41, 5.74) is 3.92. The van der Waals surface area contributed by atoms with E-state index in [1.807, 2.05) is 17.9 Å². The van der Waals surface area contributed by atoms with Gasteiger partial charge in [0.2, 0.25) is 15.9 Å². The number of carbonyl (C=O) groups is 1. The lowest BCUT2D eigenvalue weighted by atomic mass is 10.0. The highest BCUT2D eigenvalue weighted by Gasteiger charge is 2.30. The number of imidazole rings is 1. The summed E-state index contributed by atoms with van der Waals surface area (Å²) < 4.78 is 29.7. The van der Waals surface area contributed by atoms with Crippen molar-refractivity contribution >= 4 is 33.4 Å². The van der Waals surface area contributed by atoms with Gasteiger partial charge in [0.05, 0.1) is 16.3 Å². The molecule has 180 valence electrons. The summed E-state index contributed by atoms with van der Waals surface area (Å²) >= 11 is 1.48. The molecule has 7 nitrogen and oxygen atoms in total. The Balaban J connectivity index is 1.50. The molecule has 0 saturated carbocycles. The number of carbonyl (C=O) groups excluding carboxylic acids is 1. The maximum Gasteiger partial charge on any atom is 0.243 e. The second-order valence-corrected chi connectivity index (χ2v) is 12.3. The first-order valence-corrected chi connectivity index (χ1v) is 14.2. The Labute approximate surface area is 201 Å². The summed E-state index contributed by atoms with van der Waals surface area (Å²) in [6, 6.07) is 5.25. The third-order valence-electron chi connectivity index (χ3n) is 6.47. The van der Waals surface area contributed by atoms with E-state index < -0.39 is 10.0 Å². The third-order valence-corrected chi connectivity index (χ3v) is 9.32. The number of rotatable bonds is 7. The zero-order valence-corrected chi connectivity index (χ0v) is 21.6. The Morgan fingerprint density at radius 2 is 1.85 bits per heavy atom. The van der Waals surface area contributed by atoms with Gasteiger partial charge >= 0.3 is 0 Å². The fourth-order valence-corrected chi connectivity index (χ4v) is 7.13. The molecule has 4 rings (SSSR count). The van der Waals surface area contributed by atoms with E-state index in [0.29, 0.717) is 36.2 Å². The molecule has 0 radical (unpaired) electrons. The van der Waals surface area contributed by atoms with E-state index in [1.165, 1.54) is 11.8 Å². The van der Waals surface area contributed by atoms with Gasteiger partial charge in [0.1, 0.15) is 0 Å². The average Bonchev–Trinajstić information content (AvgIpc) is 3.42. The summed E-state index contributed by atoms with van der Waals surface area (Å²) in [5, 5.41) is 0.885. The van der Waals surface area contributed by atoms with Crippen molar-refractivity contribution in [3.8, 4) is 0 Å². The van der Waals surface area contributed by atoms with Crippen LogP contribution < -0.4 is 4.90 Å². The lowest BCUT2D eigenvalue weighted by Gasteiger charge is -2.30. The van der Waals surface area contributed by atoms with Crippen LogP contribution in [0.1, 0.15) is 50.1 Å². The minimum atomic E-state index is -3.46. The highest BCUT2D eigenvalue weighted by Crippen LogP contribution is 2.32. The standard InChI is InChI=1S/C24H34N4O3S2/c1-17(2)15-28-19(4)18(3)25-24(28)32-16-23(29)27-13-7-8-20-14-21(9-10-22(20)27)33(30,31)26-11-5-6-12-26/h9-10,14,17H,5-8,11-13,15-16H2,1-4H3. The summed E-state index contributed by atoms with van der Waals surface area (Å²) in [7, 11) is -3.46. The van der Waals surface area contributed by atoms with Gasteiger partial charge in [0, 0.05) is 37.6 Å². The number of thioether (sulfide) groups is 1. The molecule has 2 aromatic rings. The topological polar surface area (TPSA) is 75.5 Å². The molecule has 33 heavy (non-hydrogen) atoms. The minimum Gasteiger partial charge on any atom is -0.323 e. The van der Waals surface area contributed by atoms with Crippen LogP contribution in [0.3, 0.4) is 0 Å². The molecule has 2 aliphatic rings. The maximum absolute atomic E-state index is 13.2. The number of aryl methyl sites for hydroxylation is 2. The van der Waals surface area contributed by atoms with Crippen molar-refractivity contribution in [2.75, 3.05) is 30.3 Å². The van der Waals surface area contributed by atoms with Crippen LogP contribution in [0, 0.1) is 19.8 Å². The van der Waals surface area contributed by atoms with Crippen molar-refractivity contribution in [2.45, 2.75) is 70.0 Å². The zero-order chi connectivity index (χ0) is 23.8. The molecular weight excluding hydrogens is 456 g/mol. The first-order chi connectivity index (χ1) is 15.7. The van der Waals surface area contributed by atoms with E-state index in [-0.39, 0.29) is 5.91 Å².